The molecule has 6 rings (SSSR count). The van der Waals surface area contributed by atoms with Crippen LogP contribution in [0.4, 0.5) is 0 Å². The molecule has 1 nitrogen and oxygen atoms in total. The Hall–Kier alpha value is -0.560. The van der Waals surface area contributed by atoms with Crippen molar-refractivity contribution in [3.63, 3.8) is 0 Å². The lowest BCUT2D eigenvalue weighted by Gasteiger charge is -2.65. The molecule has 1 heteroatoms. The normalized spacial score (nSPS) is 47.1. The Morgan fingerprint density at radius 3 is 2.50 bits per heavy atom. The van der Waals surface area contributed by atoms with E-state index in [-0.39, 0.29) is 0 Å². The molecule has 0 aliphatic heterocycles. The maximum Gasteiger partial charge on any atom is 0.00474 e. The number of hydrogen-bond donors (Lipinski definition) is 1. The van der Waals surface area contributed by atoms with E-state index in [0.717, 1.165) is 47.3 Å². The minimum Gasteiger partial charge on any atom is -0.328 e. The first-order valence-corrected chi connectivity index (χ1v) is 15.6. The molecule has 0 saturated heterocycles. The van der Waals surface area contributed by atoms with Gasteiger partial charge in [0.05, 0.1) is 0 Å². The fourth-order valence-corrected chi connectivity index (χ4v) is 10.7. The summed E-state index contributed by atoms with van der Waals surface area (Å²) in [6, 6.07) is 0.409. The highest BCUT2D eigenvalue weighted by Gasteiger charge is 2.62. The van der Waals surface area contributed by atoms with E-state index in [2.05, 4.69) is 19.6 Å². The van der Waals surface area contributed by atoms with Gasteiger partial charge in [-0.2, -0.15) is 0 Å². The van der Waals surface area contributed by atoms with Crippen LogP contribution in [0.5, 0.6) is 0 Å². The van der Waals surface area contributed by atoms with Crippen LogP contribution >= 0.6 is 0 Å². The zero-order valence-corrected chi connectivity index (χ0v) is 22.5. The summed E-state index contributed by atoms with van der Waals surface area (Å²) < 4.78 is 0. The number of allylic oxidation sites excluding steroid dienone is 2. The molecule has 0 aromatic heterocycles. The third-order valence-corrected chi connectivity index (χ3v) is 12.0. The highest BCUT2D eigenvalue weighted by molar-refractivity contribution is 5.31. The molecule has 0 heterocycles. The molecule has 0 radical (unpaired) electrons. The molecule has 0 aromatic rings. The van der Waals surface area contributed by atoms with E-state index in [1.165, 1.54) is 109 Å². The molecule has 6 aliphatic carbocycles. The Morgan fingerprint density at radius 1 is 0.853 bits per heavy atom. The van der Waals surface area contributed by atoms with Crippen molar-refractivity contribution in [1.29, 1.82) is 0 Å². The molecule has 7 bridgehead atoms. The van der Waals surface area contributed by atoms with Gasteiger partial charge in [-0.3, -0.25) is 0 Å². The maximum atomic E-state index is 6.88. The summed E-state index contributed by atoms with van der Waals surface area (Å²) in [6.07, 6.45) is 27.7. The van der Waals surface area contributed by atoms with Gasteiger partial charge in [0.2, 0.25) is 0 Å². The van der Waals surface area contributed by atoms with Crippen molar-refractivity contribution in [2.45, 2.75) is 129 Å². The Morgan fingerprint density at radius 2 is 1.68 bits per heavy atom. The topological polar surface area (TPSA) is 26.0 Å². The first-order valence-electron chi connectivity index (χ1n) is 15.6. The van der Waals surface area contributed by atoms with Gasteiger partial charge < -0.3 is 5.73 Å². The summed E-state index contributed by atoms with van der Waals surface area (Å²) in [4.78, 5) is 0. The van der Waals surface area contributed by atoms with Crippen molar-refractivity contribution < 1.29 is 0 Å². The minimum atomic E-state index is 0.397. The summed E-state index contributed by atoms with van der Waals surface area (Å²) in [6.45, 7) is 11.5. The summed E-state index contributed by atoms with van der Waals surface area (Å²) in [5.74, 6) is 7.35. The summed E-state index contributed by atoms with van der Waals surface area (Å²) in [5, 5.41) is 0. The van der Waals surface area contributed by atoms with Crippen LogP contribution in [0.15, 0.2) is 24.8 Å². The van der Waals surface area contributed by atoms with Crippen LogP contribution in [0.1, 0.15) is 122 Å². The Bertz CT molecular complexity index is 709. The molecule has 192 valence electrons. The summed E-state index contributed by atoms with van der Waals surface area (Å²) in [5.41, 5.74) is 8.96. The zero-order valence-electron chi connectivity index (χ0n) is 22.5. The van der Waals surface area contributed by atoms with Crippen molar-refractivity contribution >= 4 is 0 Å². The van der Waals surface area contributed by atoms with Crippen LogP contribution in [0.3, 0.4) is 0 Å². The molecule has 0 aromatic carbocycles. The van der Waals surface area contributed by atoms with E-state index in [1.54, 1.807) is 12.0 Å². The minimum absolute atomic E-state index is 0.397. The first-order chi connectivity index (χ1) is 16.6. The number of fused-ring (bicyclic) bond motifs is 7. The fourth-order valence-electron chi connectivity index (χ4n) is 10.7. The number of hydrogen-bond acceptors (Lipinski definition) is 1. The van der Waals surface area contributed by atoms with Crippen molar-refractivity contribution in [1.82, 2.24) is 0 Å². The molecule has 6 fully saturated rings. The highest BCUT2D eigenvalue weighted by Crippen LogP contribution is 2.70. The third kappa shape index (κ3) is 4.62. The SMILES string of the molecule is C=CCCC1CCCCCC2C3CCCC(C3)C3C(CC1CCC)C(=C)C31CC(N)CCC2C1. The van der Waals surface area contributed by atoms with Crippen LogP contribution in [0.2, 0.25) is 0 Å². The molecule has 10 atom stereocenters. The lowest BCUT2D eigenvalue weighted by Crippen LogP contribution is -2.58. The molecule has 2 N–H and O–H groups in total. The monoisotopic (exact) mass is 465 g/mol. The molecule has 1 spiro atoms. The van der Waals surface area contributed by atoms with Crippen LogP contribution in [0, 0.1) is 52.8 Å². The number of rotatable bonds is 5. The van der Waals surface area contributed by atoms with Gasteiger partial charge >= 0.3 is 0 Å². The van der Waals surface area contributed by atoms with Gasteiger partial charge in [-0.05, 0) is 111 Å². The lowest BCUT2D eigenvalue weighted by atomic mass is 9.39. The second kappa shape index (κ2) is 10.8. The van der Waals surface area contributed by atoms with E-state index < -0.39 is 0 Å². The predicted octanol–water partition coefficient (Wildman–Crippen LogP) is 9.08. The van der Waals surface area contributed by atoms with Crippen LogP contribution in [-0.2, 0) is 0 Å². The van der Waals surface area contributed by atoms with Gasteiger partial charge in [0.25, 0.3) is 0 Å². The van der Waals surface area contributed by atoms with Crippen LogP contribution < -0.4 is 5.73 Å². The lowest BCUT2D eigenvalue weighted by molar-refractivity contribution is -0.0873. The van der Waals surface area contributed by atoms with Gasteiger partial charge in [0.1, 0.15) is 0 Å². The molecule has 6 saturated carbocycles. The van der Waals surface area contributed by atoms with E-state index in [4.69, 9.17) is 12.3 Å². The number of nitrogens with two attached hydrogens (primary N) is 1. The third-order valence-electron chi connectivity index (χ3n) is 12.0. The van der Waals surface area contributed by atoms with Crippen LogP contribution in [0.25, 0.3) is 0 Å². The maximum absolute atomic E-state index is 6.88. The quantitative estimate of drug-likeness (QED) is 0.402. The first kappa shape index (κ1) is 25.1. The van der Waals surface area contributed by atoms with Crippen LogP contribution in [-0.4, -0.2) is 6.04 Å². The summed E-state index contributed by atoms with van der Waals surface area (Å²) in [7, 11) is 0. The largest absolute Gasteiger partial charge is 0.328 e. The van der Waals surface area contributed by atoms with Gasteiger partial charge in [-0.15, -0.1) is 6.58 Å². The molecule has 34 heavy (non-hydrogen) atoms. The van der Waals surface area contributed by atoms with E-state index >= 15 is 0 Å². The van der Waals surface area contributed by atoms with Gasteiger partial charge in [-0.25, -0.2) is 0 Å². The smallest absolute Gasteiger partial charge is 0.00474 e. The van der Waals surface area contributed by atoms with Gasteiger partial charge in [0.15, 0.2) is 0 Å². The van der Waals surface area contributed by atoms with Crippen molar-refractivity contribution in [3.8, 4) is 0 Å². The zero-order chi connectivity index (χ0) is 23.7. The van der Waals surface area contributed by atoms with E-state index in [1.807, 2.05) is 0 Å². The average molecular weight is 466 g/mol. The molecule has 6 aliphatic rings. The fraction of sp³-hybridized carbons (Fsp3) is 0.879. The second-order valence-corrected chi connectivity index (χ2v) is 13.7. The van der Waals surface area contributed by atoms with Crippen molar-refractivity contribution in [2.24, 2.45) is 58.5 Å². The Labute approximate surface area is 211 Å². The van der Waals surface area contributed by atoms with E-state index in [0.29, 0.717) is 11.5 Å². The Kier molecular flexibility index (Phi) is 7.99. The van der Waals surface area contributed by atoms with Gasteiger partial charge in [-0.1, -0.05) is 82.9 Å². The average Bonchev–Trinajstić information content (AvgIpc) is 3.02. The highest BCUT2D eigenvalue weighted by atomic mass is 14.7. The Balaban J connectivity index is 1.52. The standard InChI is InChI=1S/C33H55N/c1-4-6-12-24-13-8-7-9-16-30-26-14-10-15-27(19-26)32-31(20-25(24)11-5-2)23(3)33(32)21-28(30)17-18-29(34)22-33/h4,24-32H,1,3,5-22,34H2,2H3. The van der Waals surface area contributed by atoms with Crippen molar-refractivity contribution in [3.05, 3.63) is 24.8 Å². The molecule has 10 unspecified atom stereocenters. The van der Waals surface area contributed by atoms with Gasteiger partial charge in [0, 0.05) is 6.04 Å². The van der Waals surface area contributed by atoms with Crippen molar-refractivity contribution in [2.75, 3.05) is 0 Å². The molecular weight excluding hydrogens is 410 g/mol. The molecular formula is C33H55N. The predicted molar refractivity (Wildman–Crippen MR) is 146 cm³/mol. The van der Waals surface area contributed by atoms with E-state index in [9.17, 15) is 0 Å². The summed E-state index contributed by atoms with van der Waals surface area (Å²) >= 11 is 0. The molecule has 0 amide bonds. The second-order valence-electron chi connectivity index (χ2n) is 13.7.